The highest BCUT2D eigenvalue weighted by molar-refractivity contribution is 9.10. The van der Waals surface area contributed by atoms with Crippen LogP contribution in [0.1, 0.15) is 0 Å². The van der Waals surface area contributed by atoms with Crippen molar-refractivity contribution >= 4 is 64.9 Å². The Bertz CT molecular complexity index is 766. The number of rotatable bonds is 3. The summed E-state index contributed by atoms with van der Waals surface area (Å²) in [6, 6.07) is 9.63. The van der Waals surface area contributed by atoms with Crippen LogP contribution in [0, 0.1) is 0 Å². The fourth-order valence-electron chi connectivity index (χ4n) is 1.54. The highest BCUT2D eigenvalue weighted by atomic mass is 79.9. The topological polar surface area (TPSA) is 72.2 Å². The highest BCUT2D eigenvalue weighted by Crippen LogP contribution is 2.32. The predicted molar refractivity (Wildman–Crippen MR) is 88.5 cm³/mol. The summed E-state index contributed by atoms with van der Waals surface area (Å²) in [6.07, 6.45) is 0. The van der Waals surface area contributed by atoms with Gasteiger partial charge in [0.25, 0.3) is 10.0 Å². The summed E-state index contributed by atoms with van der Waals surface area (Å²) in [4.78, 5) is -0.0116. The van der Waals surface area contributed by atoms with E-state index >= 15 is 0 Å². The number of hydrogen-bond donors (Lipinski definition) is 2. The van der Waals surface area contributed by atoms with Crippen LogP contribution in [-0.2, 0) is 10.0 Å². The summed E-state index contributed by atoms with van der Waals surface area (Å²) in [5.41, 5.74) is 6.40. The van der Waals surface area contributed by atoms with E-state index in [0.717, 1.165) is 4.47 Å². The van der Waals surface area contributed by atoms with Gasteiger partial charge >= 0.3 is 0 Å². The van der Waals surface area contributed by atoms with Gasteiger partial charge in [-0.05, 0) is 46.3 Å². The van der Waals surface area contributed by atoms with Gasteiger partial charge in [-0.25, -0.2) is 8.42 Å². The van der Waals surface area contributed by atoms with E-state index in [1.54, 1.807) is 24.3 Å². The Kier molecular flexibility index (Phi) is 4.63. The molecule has 0 aliphatic rings. The summed E-state index contributed by atoms with van der Waals surface area (Å²) in [5, 5.41) is 0.250. The van der Waals surface area contributed by atoms with Crippen molar-refractivity contribution in [3.8, 4) is 0 Å². The first-order valence-corrected chi connectivity index (χ1v) is 8.77. The molecule has 0 fully saturated rings. The Balaban J connectivity index is 2.46. The zero-order chi connectivity index (χ0) is 14.9. The Morgan fingerprint density at radius 2 is 1.85 bits per heavy atom. The van der Waals surface area contributed by atoms with Crippen molar-refractivity contribution in [2.75, 3.05) is 10.5 Å². The van der Waals surface area contributed by atoms with Gasteiger partial charge in [-0.15, -0.1) is 0 Å². The lowest BCUT2D eigenvalue weighted by molar-refractivity contribution is 0.601. The van der Waals surface area contributed by atoms with Gasteiger partial charge in [0.1, 0.15) is 4.90 Å². The summed E-state index contributed by atoms with van der Waals surface area (Å²) in [5.74, 6) is 0. The largest absolute Gasteiger partial charge is 0.398 e. The van der Waals surface area contributed by atoms with Crippen molar-refractivity contribution in [1.29, 1.82) is 0 Å². The van der Waals surface area contributed by atoms with Crippen LogP contribution >= 0.6 is 43.5 Å². The van der Waals surface area contributed by atoms with Crippen LogP contribution in [0.4, 0.5) is 11.4 Å². The van der Waals surface area contributed by atoms with E-state index in [9.17, 15) is 8.42 Å². The molecular weight excluding hydrogens is 431 g/mol. The molecule has 0 aliphatic carbocycles. The minimum atomic E-state index is -3.79. The van der Waals surface area contributed by atoms with Crippen molar-refractivity contribution in [2.45, 2.75) is 4.90 Å². The van der Waals surface area contributed by atoms with Gasteiger partial charge in [-0.3, -0.25) is 4.72 Å². The van der Waals surface area contributed by atoms with Crippen LogP contribution < -0.4 is 10.5 Å². The van der Waals surface area contributed by atoms with Crippen molar-refractivity contribution in [3.05, 3.63) is 50.4 Å². The van der Waals surface area contributed by atoms with Gasteiger partial charge in [0.15, 0.2) is 0 Å². The van der Waals surface area contributed by atoms with Crippen molar-refractivity contribution in [1.82, 2.24) is 0 Å². The van der Waals surface area contributed by atoms with E-state index < -0.39 is 10.0 Å². The average molecular weight is 441 g/mol. The number of nitrogens with two attached hydrogens (primary N) is 1. The van der Waals surface area contributed by atoms with Crippen molar-refractivity contribution in [3.63, 3.8) is 0 Å². The number of sulfonamides is 1. The molecule has 0 bridgehead atoms. The molecule has 0 heterocycles. The van der Waals surface area contributed by atoms with Crippen LogP contribution in [0.5, 0.6) is 0 Å². The van der Waals surface area contributed by atoms with Crippen molar-refractivity contribution < 1.29 is 8.42 Å². The molecule has 0 unspecified atom stereocenters. The Morgan fingerprint density at radius 1 is 1.15 bits per heavy atom. The minimum absolute atomic E-state index is 0.0116. The van der Waals surface area contributed by atoms with Crippen LogP contribution in [0.2, 0.25) is 5.02 Å². The molecule has 8 heteroatoms. The average Bonchev–Trinajstić information content (AvgIpc) is 2.33. The highest BCUT2D eigenvalue weighted by Gasteiger charge is 2.20. The van der Waals surface area contributed by atoms with E-state index in [1.165, 1.54) is 12.1 Å². The maximum Gasteiger partial charge on any atom is 0.263 e. The first kappa shape index (κ1) is 15.6. The summed E-state index contributed by atoms with van der Waals surface area (Å²) in [6.45, 7) is 0. The van der Waals surface area contributed by atoms with E-state index in [2.05, 4.69) is 36.6 Å². The normalized spacial score (nSPS) is 11.3. The molecule has 0 amide bonds. The van der Waals surface area contributed by atoms with Crippen LogP contribution in [0.3, 0.4) is 0 Å². The standard InChI is InChI=1S/C12H9Br2ClN2O2S/c13-7-2-1-3-9(4-7)17-20(18,19)11-6-8(15)5-10(16)12(11)14/h1-6,17H,16H2. The van der Waals surface area contributed by atoms with Gasteiger partial charge in [0.05, 0.1) is 4.47 Å². The van der Waals surface area contributed by atoms with E-state index in [1.807, 2.05) is 0 Å². The second-order valence-electron chi connectivity index (χ2n) is 3.92. The third kappa shape index (κ3) is 3.46. The van der Waals surface area contributed by atoms with Gasteiger partial charge in [0, 0.05) is 20.9 Å². The SMILES string of the molecule is Nc1cc(Cl)cc(S(=O)(=O)Nc2cccc(Br)c2)c1Br. The molecular formula is C12H9Br2ClN2O2S. The molecule has 0 radical (unpaired) electrons. The maximum absolute atomic E-state index is 12.4. The number of anilines is 2. The molecule has 0 aliphatic heterocycles. The summed E-state index contributed by atoms with van der Waals surface area (Å²) in [7, 11) is -3.79. The quantitative estimate of drug-likeness (QED) is 0.701. The molecule has 2 aromatic carbocycles. The Morgan fingerprint density at radius 3 is 2.50 bits per heavy atom. The monoisotopic (exact) mass is 438 g/mol. The third-order valence-corrected chi connectivity index (χ3v) is 5.66. The second-order valence-corrected chi connectivity index (χ2v) is 7.72. The lowest BCUT2D eigenvalue weighted by atomic mass is 10.3. The van der Waals surface area contributed by atoms with E-state index in [0.29, 0.717) is 5.69 Å². The number of benzene rings is 2. The minimum Gasteiger partial charge on any atom is -0.398 e. The zero-order valence-corrected chi connectivity index (χ0v) is 14.6. The molecule has 106 valence electrons. The summed E-state index contributed by atoms with van der Waals surface area (Å²) >= 11 is 12.3. The molecule has 0 saturated heterocycles. The van der Waals surface area contributed by atoms with Crippen LogP contribution in [-0.4, -0.2) is 8.42 Å². The van der Waals surface area contributed by atoms with Gasteiger partial charge in [0.2, 0.25) is 0 Å². The first-order chi connectivity index (χ1) is 9.29. The smallest absolute Gasteiger partial charge is 0.263 e. The zero-order valence-electron chi connectivity index (χ0n) is 9.90. The second kappa shape index (κ2) is 5.93. The van der Waals surface area contributed by atoms with Crippen LogP contribution in [0.15, 0.2) is 50.2 Å². The lowest BCUT2D eigenvalue weighted by Crippen LogP contribution is -2.14. The lowest BCUT2D eigenvalue weighted by Gasteiger charge is -2.11. The Hall–Kier alpha value is -0.760. The van der Waals surface area contributed by atoms with Gasteiger partial charge < -0.3 is 5.73 Å². The molecule has 2 aromatic rings. The number of halogens is 3. The van der Waals surface area contributed by atoms with E-state index in [4.69, 9.17) is 17.3 Å². The fraction of sp³-hybridized carbons (Fsp3) is 0. The molecule has 0 saturated carbocycles. The number of nitrogen functional groups attached to an aromatic ring is 1. The molecule has 0 atom stereocenters. The predicted octanol–water partition coefficient (Wildman–Crippen LogP) is 4.25. The Labute approximate surface area is 138 Å². The third-order valence-electron chi connectivity index (χ3n) is 2.40. The van der Waals surface area contributed by atoms with Crippen LogP contribution in [0.25, 0.3) is 0 Å². The van der Waals surface area contributed by atoms with Crippen molar-refractivity contribution in [2.24, 2.45) is 0 Å². The molecule has 20 heavy (non-hydrogen) atoms. The molecule has 2 rings (SSSR count). The molecule has 0 spiro atoms. The molecule has 4 nitrogen and oxygen atoms in total. The number of hydrogen-bond acceptors (Lipinski definition) is 3. The maximum atomic E-state index is 12.4. The fourth-order valence-corrected chi connectivity index (χ4v) is 4.28. The summed E-state index contributed by atoms with van der Waals surface area (Å²) < 4.78 is 28.3. The molecule has 0 aromatic heterocycles. The van der Waals surface area contributed by atoms with Gasteiger partial charge in [-0.1, -0.05) is 33.6 Å². The first-order valence-electron chi connectivity index (χ1n) is 5.32. The van der Waals surface area contributed by atoms with E-state index in [-0.39, 0.29) is 20.1 Å². The van der Waals surface area contributed by atoms with Gasteiger partial charge in [-0.2, -0.15) is 0 Å². The molecule has 3 N–H and O–H groups in total. The number of nitrogens with one attached hydrogen (secondary N) is 1.